The van der Waals surface area contributed by atoms with Gasteiger partial charge in [0, 0.05) is 31.9 Å². The van der Waals surface area contributed by atoms with Gasteiger partial charge in [0.25, 0.3) is 10.2 Å². The van der Waals surface area contributed by atoms with Crippen LogP contribution in [0.4, 0.5) is 5.69 Å². The van der Waals surface area contributed by atoms with Gasteiger partial charge in [-0.05, 0) is 37.5 Å². The molecule has 1 fully saturated rings. The Morgan fingerprint density at radius 2 is 1.95 bits per heavy atom. The minimum Gasteiger partial charge on any atom is -0.399 e. The third-order valence-corrected chi connectivity index (χ3v) is 5.76. The third-order valence-electron chi connectivity index (χ3n) is 3.69. The van der Waals surface area contributed by atoms with Gasteiger partial charge in [0.2, 0.25) is 0 Å². The molecule has 0 amide bonds. The van der Waals surface area contributed by atoms with Crippen molar-refractivity contribution >= 4 is 15.9 Å². The van der Waals surface area contributed by atoms with Crippen molar-refractivity contribution in [2.45, 2.75) is 25.8 Å². The first-order valence-electron chi connectivity index (χ1n) is 6.51. The normalized spacial score (nSPS) is 18.9. The number of hydrogen-bond donors (Lipinski definition) is 1. The van der Waals surface area contributed by atoms with Crippen molar-refractivity contribution in [2.24, 2.45) is 0 Å². The molecule has 2 rings (SSSR count). The van der Waals surface area contributed by atoms with Crippen molar-refractivity contribution in [1.29, 1.82) is 0 Å². The summed E-state index contributed by atoms with van der Waals surface area (Å²) in [5.74, 6) is 0. The highest BCUT2D eigenvalue weighted by Crippen LogP contribution is 2.26. The lowest BCUT2D eigenvalue weighted by Crippen LogP contribution is -2.41. The maximum Gasteiger partial charge on any atom is 0.282 e. The van der Waals surface area contributed by atoms with Crippen molar-refractivity contribution in [3.05, 3.63) is 29.8 Å². The Labute approximate surface area is 115 Å². The van der Waals surface area contributed by atoms with Crippen LogP contribution < -0.4 is 5.73 Å². The zero-order chi connectivity index (χ0) is 14.0. The van der Waals surface area contributed by atoms with E-state index in [1.807, 2.05) is 25.1 Å². The van der Waals surface area contributed by atoms with Gasteiger partial charge < -0.3 is 5.73 Å². The number of nitrogen functional groups attached to an aromatic ring is 1. The molecule has 6 heteroatoms. The molecule has 0 saturated carbocycles. The predicted octanol–water partition coefficient (Wildman–Crippen LogP) is 1.60. The van der Waals surface area contributed by atoms with Gasteiger partial charge in [-0.25, -0.2) is 0 Å². The van der Waals surface area contributed by atoms with Crippen LogP contribution in [0.2, 0.25) is 0 Å². The van der Waals surface area contributed by atoms with Gasteiger partial charge >= 0.3 is 0 Å². The highest BCUT2D eigenvalue weighted by Gasteiger charge is 2.32. The molecule has 106 valence electrons. The monoisotopic (exact) mass is 283 g/mol. The second kappa shape index (κ2) is 5.48. The zero-order valence-corrected chi connectivity index (χ0v) is 12.2. The molecule has 0 aromatic heterocycles. The summed E-state index contributed by atoms with van der Waals surface area (Å²) in [6.07, 6.45) is 1.89. The van der Waals surface area contributed by atoms with Crippen LogP contribution in [0.15, 0.2) is 24.3 Å². The topological polar surface area (TPSA) is 66.6 Å². The van der Waals surface area contributed by atoms with Crippen molar-refractivity contribution < 1.29 is 8.42 Å². The molecule has 1 heterocycles. The van der Waals surface area contributed by atoms with Crippen LogP contribution in [0.25, 0.3) is 0 Å². The maximum absolute atomic E-state index is 12.5. The van der Waals surface area contributed by atoms with E-state index in [9.17, 15) is 8.42 Å². The van der Waals surface area contributed by atoms with Gasteiger partial charge in [-0.1, -0.05) is 12.1 Å². The third kappa shape index (κ3) is 2.91. The Hall–Kier alpha value is -1.11. The second-order valence-corrected chi connectivity index (χ2v) is 6.96. The summed E-state index contributed by atoms with van der Waals surface area (Å²) >= 11 is 0. The fourth-order valence-electron chi connectivity index (χ4n) is 2.33. The fraction of sp³-hybridized carbons (Fsp3) is 0.538. The minimum absolute atomic E-state index is 0.228. The lowest BCUT2D eigenvalue weighted by molar-refractivity contribution is 0.350. The van der Waals surface area contributed by atoms with Crippen LogP contribution in [0.5, 0.6) is 0 Å². The minimum atomic E-state index is -3.37. The Kier molecular flexibility index (Phi) is 4.13. The molecule has 0 bridgehead atoms. The van der Waals surface area contributed by atoms with Crippen LogP contribution in [0.1, 0.15) is 31.4 Å². The van der Waals surface area contributed by atoms with E-state index in [2.05, 4.69) is 0 Å². The molecule has 1 aromatic carbocycles. The van der Waals surface area contributed by atoms with Gasteiger partial charge in [0.1, 0.15) is 0 Å². The maximum atomic E-state index is 12.5. The smallest absolute Gasteiger partial charge is 0.282 e. The molecule has 0 radical (unpaired) electrons. The quantitative estimate of drug-likeness (QED) is 0.854. The molecule has 1 unspecified atom stereocenters. The van der Waals surface area contributed by atoms with Gasteiger partial charge in [-0.2, -0.15) is 17.0 Å². The van der Waals surface area contributed by atoms with E-state index in [4.69, 9.17) is 5.73 Å². The number of nitrogens with two attached hydrogens (primary N) is 1. The molecule has 19 heavy (non-hydrogen) atoms. The zero-order valence-electron chi connectivity index (χ0n) is 11.4. The largest absolute Gasteiger partial charge is 0.399 e. The fourth-order valence-corrected chi connectivity index (χ4v) is 3.93. The molecule has 5 nitrogen and oxygen atoms in total. The lowest BCUT2D eigenvalue weighted by Gasteiger charge is -2.29. The van der Waals surface area contributed by atoms with Crippen LogP contribution in [0.3, 0.4) is 0 Å². The Balaban J connectivity index is 2.21. The SMILES string of the molecule is CC(c1cccc(N)c1)N(C)S(=O)(=O)N1CCCC1. The average molecular weight is 283 g/mol. The van der Waals surface area contributed by atoms with Gasteiger partial charge in [0.15, 0.2) is 0 Å². The van der Waals surface area contributed by atoms with Gasteiger partial charge in [-0.15, -0.1) is 0 Å². The van der Waals surface area contributed by atoms with E-state index >= 15 is 0 Å². The molecule has 2 N–H and O–H groups in total. The summed E-state index contributed by atoms with van der Waals surface area (Å²) in [6.45, 7) is 3.12. The number of nitrogens with zero attached hydrogens (tertiary/aromatic N) is 2. The first kappa shape index (κ1) is 14.3. The van der Waals surface area contributed by atoms with E-state index in [0.29, 0.717) is 18.8 Å². The summed E-state index contributed by atoms with van der Waals surface area (Å²) in [4.78, 5) is 0. The summed E-state index contributed by atoms with van der Waals surface area (Å²) in [7, 11) is -1.75. The Morgan fingerprint density at radius 3 is 2.53 bits per heavy atom. The van der Waals surface area contributed by atoms with Crippen molar-refractivity contribution in [1.82, 2.24) is 8.61 Å². The summed E-state index contributed by atoms with van der Waals surface area (Å²) in [5.41, 5.74) is 7.31. The van der Waals surface area contributed by atoms with E-state index in [1.165, 1.54) is 4.31 Å². The van der Waals surface area contributed by atoms with E-state index < -0.39 is 10.2 Å². The van der Waals surface area contributed by atoms with Crippen molar-refractivity contribution in [3.8, 4) is 0 Å². The molecule has 1 aliphatic heterocycles. The number of hydrogen-bond acceptors (Lipinski definition) is 3. The highest BCUT2D eigenvalue weighted by molar-refractivity contribution is 7.86. The molecule has 1 atom stereocenters. The summed E-state index contributed by atoms with van der Waals surface area (Å²) in [5, 5.41) is 0. The molecule has 0 spiro atoms. The molecular weight excluding hydrogens is 262 g/mol. The first-order valence-corrected chi connectivity index (χ1v) is 7.91. The average Bonchev–Trinajstić information content (AvgIpc) is 2.91. The molecule has 1 aliphatic rings. The Morgan fingerprint density at radius 1 is 1.32 bits per heavy atom. The van der Waals surface area contributed by atoms with Crippen LogP contribution >= 0.6 is 0 Å². The standard InChI is InChI=1S/C13H21N3O2S/c1-11(12-6-5-7-13(14)10-12)15(2)19(17,18)16-8-3-4-9-16/h5-7,10-11H,3-4,8-9,14H2,1-2H3. The summed E-state index contributed by atoms with van der Waals surface area (Å²) < 4.78 is 27.9. The summed E-state index contributed by atoms with van der Waals surface area (Å²) in [6, 6.07) is 7.13. The van der Waals surface area contributed by atoms with Gasteiger partial charge in [-0.3, -0.25) is 0 Å². The number of benzene rings is 1. The second-order valence-electron chi connectivity index (χ2n) is 4.98. The molecular formula is C13H21N3O2S. The van der Waals surface area contributed by atoms with Crippen molar-refractivity contribution in [3.63, 3.8) is 0 Å². The highest BCUT2D eigenvalue weighted by atomic mass is 32.2. The lowest BCUT2D eigenvalue weighted by atomic mass is 10.1. The molecule has 1 aromatic rings. The van der Waals surface area contributed by atoms with Crippen molar-refractivity contribution in [2.75, 3.05) is 25.9 Å². The van der Waals surface area contributed by atoms with E-state index in [0.717, 1.165) is 18.4 Å². The van der Waals surface area contributed by atoms with Crippen LogP contribution in [0, 0.1) is 0 Å². The Bertz CT molecular complexity index is 539. The van der Waals surface area contributed by atoms with Crippen LogP contribution in [-0.4, -0.2) is 37.2 Å². The van der Waals surface area contributed by atoms with Crippen LogP contribution in [-0.2, 0) is 10.2 Å². The molecule has 1 saturated heterocycles. The molecule has 0 aliphatic carbocycles. The number of rotatable bonds is 4. The van der Waals surface area contributed by atoms with E-state index in [-0.39, 0.29) is 6.04 Å². The first-order chi connectivity index (χ1) is 8.93. The van der Waals surface area contributed by atoms with Gasteiger partial charge in [0.05, 0.1) is 0 Å². The number of anilines is 1. The predicted molar refractivity (Wildman–Crippen MR) is 76.8 cm³/mol. The van der Waals surface area contributed by atoms with E-state index in [1.54, 1.807) is 17.4 Å².